The normalized spacial score (nSPS) is 10.7. The molecular formula is C19H13ClFN5OS3. The molecule has 0 fully saturated rings. The van der Waals surface area contributed by atoms with Gasteiger partial charge in [-0.1, -0.05) is 65.0 Å². The molecule has 2 N–H and O–H groups in total. The number of thioether (sulfide) groups is 1. The fraction of sp³-hybridized carbons (Fsp3) is 0.0526. The van der Waals surface area contributed by atoms with Gasteiger partial charge in [-0.3, -0.25) is 4.79 Å². The van der Waals surface area contributed by atoms with Crippen LogP contribution in [0.1, 0.15) is 0 Å². The molecule has 6 nitrogen and oxygen atoms in total. The summed E-state index contributed by atoms with van der Waals surface area (Å²) in [6.07, 6.45) is 0. The Bertz CT molecular complexity index is 1180. The first-order valence-corrected chi connectivity index (χ1v) is 11.6. The molecule has 0 aliphatic heterocycles. The SMILES string of the molecule is O=C(CSc1nnc(Nc2ccccc2F)s1)Nc1nc(-c2ccccc2Cl)cs1. The predicted molar refractivity (Wildman–Crippen MR) is 122 cm³/mol. The van der Waals surface area contributed by atoms with Crippen molar-refractivity contribution in [3.8, 4) is 11.3 Å². The highest BCUT2D eigenvalue weighted by atomic mass is 35.5. The number of benzene rings is 2. The number of halogens is 2. The zero-order valence-electron chi connectivity index (χ0n) is 15.1. The van der Waals surface area contributed by atoms with E-state index >= 15 is 0 Å². The molecule has 0 radical (unpaired) electrons. The van der Waals surface area contributed by atoms with E-state index in [1.807, 2.05) is 23.6 Å². The highest BCUT2D eigenvalue weighted by Gasteiger charge is 2.12. The molecule has 4 rings (SSSR count). The fourth-order valence-electron chi connectivity index (χ4n) is 2.40. The highest BCUT2D eigenvalue weighted by Crippen LogP contribution is 2.31. The van der Waals surface area contributed by atoms with Gasteiger partial charge >= 0.3 is 0 Å². The summed E-state index contributed by atoms with van der Waals surface area (Å²) in [4.78, 5) is 16.7. The molecule has 4 aromatic rings. The molecule has 1 amide bonds. The Balaban J connectivity index is 1.31. The second kappa shape index (κ2) is 9.52. The van der Waals surface area contributed by atoms with Crippen molar-refractivity contribution in [3.63, 3.8) is 0 Å². The number of nitrogens with zero attached hydrogens (tertiary/aromatic N) is 3. The van der Waals surface area contributed by atoms with Crippen LogP contribution in [0.4, 0.5) is 20.3 Å². The van der Waals surface area contributed by atoms with Crippen molar-refractivity contribution < 1.29 is 9.18 Å². The number of aromatic nitrogens is 3. The molecule has 2 aromatic heterocycles. The monoisotopic (exact) mass is 477 g/mol. The summed E-state index contributed by atoms with van der Waals surface area (Å²) in [5.41, 5.74) is 1.84. The fourth-order valence-corrected chi connectivity index (χ4v) is 4.93. The van der Waals surface area contributed by atoms with Crippen molar-refractivity contribution in [1.82, 2.24) is 15.2 Å². The first-order chi connectivity index (χ1) is 14.6. The zero-order chi connectivity index (χ0) is 20.9. The number of hydrogen-bond donors (Lipinski definition) is 2. The van der Waals surface area contributed by atoms with Crippen LogP contribution in [-0.2, 0) is 4.79 Å². The quantitative estimate of drug-likeness (QED) is 0.321. The van der Waals surface area contributed by atoms with Crippen LogP contribution in [0.25, 0.3) is 11.3 Å². The van der Waals surface area contributed by atoms with Crippen LogP contribution in [-0.4, -0.2) is 26.8 Å². The van der Waals surface area contributed by atoms with Crippen molar-refractivity contribution in [3.05, 3.63) is 64.8 Å². The standard InChI is InChI=1S/C19H13ClFN5OS3/c20-12-6-2-1-5-11(12)15-9-28-17(23-15)24-16(27)10-29-19-26-25-18(30-19)22-14-8-4-3-7-13(14)21/h1-9H,10H2,(H,22,25)(H,23,24,27). The van der Waals surface area contributed by atoms with E-state index in [0.717, 1.165) is 5.56 Å². The lowest BCUT2D eigenvalue weighted by atomic mass is 10.2. The number of carbonyl (C=O) groups is 1. The summed E-state index contributed by atoms with van der Waals surface area (Å²) in [7, 11) is 0. The Morgan fingerprint density at radius 1 is 1.10 bits per heavy atom. The third kappa shape index (κ3) is 5.14. The van der Waals surface area contributed by atoms with Crippen LogP contribution in [0.3, 0.4) is 0 Å². The summed E-state index contributed by atoms with van der Waals surface area (Å²) in [6, 6.07) is 13.7. The van der Waals surface area contributed by atoms with Crippen molar-refractivity contribution >= 4 is 67.9 Å². The first kappa shape index (κ1) is 20.7. The lowest BCUT2D eigenvalue weighted by molar-refractivity contribution is -0.113. The van der Waals surface area contributed by atoms with Gasteiger partial charge in [-0.15, -0.1) is 21.5 Å². The minimum Gasteiger partial charge on any atom is -0.328 e. The molecule has 0 saturated heterocycles. The number of carbonyl (C=O) groups excluding carboxylic acids is 1. The molecule has 0 atom stereocenters. The van der Waals surface area contributed by atoms with Gasteiger partial charge in [-0.05, 0) is 18.2 Å². The molecule has 0 unspecified atom stereocenters. The maximum Gasteiger partial charge on any atom is 0.236 e. The summed E-state index contributed by atoms with van der Waals surface area (Å²) >= 11 is 10.0. The molecular weight excluding hydrogens is 465 g/mol. The largest absolute Gasteiger partial charge is 0.328 e. The van der Waals surface area contributed by atoms with E-state index in [2.05, 4.69) is 25.8 Å². The second-order valence-corrected chi connectivity index (χ2v) is 9.30. The Morgan fingerprint density at radius 2 is 1.90 bits per heavy atom. The topological polar surface area (TPSA) is 79.8 Å². The van der Waals surface area contributed by atoms with Crippen LogP contribution in [0.5, 0.6) is 0 Å². The van der Waals surface area contributed by atoms with E-state index < -0.39 is 0 Å². The predicted octanol–water partition coefficient (Wildman–Crippen LogP) is 5.93. The Kier molecular flexibility index (Phi) is 6.58. The first-order valence-electron chi connectivity index (χ1n) is 8.56. The van der Waals surface area contributed by atoms with Gasteiger partial charge < -0.3 is 10.6 Å². The van der Waals surface area contributed by atoms with E-state index in [4.69, 9.17) is 11.6 Å². The number of hydrogen-bond acceptors (Lipinski definition) is 8. The van der Waals surface area contributed by atoms with Crippen LogP contribution in [0.2, 0.25) is 5.02 Å². The van der Waals surface area contributed by atoms with Crippen LogP contribution < -0.4 is 10.6 Å². The molecule has 0 bridgehead atoms. The number of thiazole rings is 1. The van der Waals surface area contributed by atoms with Gasteiger partial charge in [-0.25, -0.2) is 9.37 Å². The molecule has 0 aliphatic carbocycles. The van der Waals surface area contributed by atoms with Crippen LogP contribution in [0, 0.1) is 5.82 Å². The number of para-hydroxylation sites is 1. The summed E-state index contributed by atoms with van der Waals surface area (Å²) < 4.78 is 14.3. The van der Waals surface area contributed by atoms with Gasteiger partial charge in [0.15, 0.2) is 9.47 Å². The molecule has 2 aromatic carbocycles. The van der Waals surface area contributed by atoms with Crippen LogP contribution >= 0.6 is 46.0 Å². The van der Waals surface area contributed by atoms with E-state index in [0.29, 0.717) is 31.0 Å². The number of nitrogens with one attached hydrogen (secondary N) is 2. The molecule has 30 heavy (non-hydrogen) atoms. The summed E-state index contributed by atoms with van der Waals surface area (Å²) in [5, 5.41) is 17.0. The van der Waals surface area contributed by atoms with Gasteiger partial charge in [0.1, 0.15) is 5.82 Å². The van der Waals surface area contributed by atoms with E-state index in [-0.39, 0.29) is 17.5 Å². The van der Waals surface area contributed by atoms with Gasteiger partial charge in [0.2, 0.25) is 11.0 Å². The third-order valence-corrected chi connectivity index (χ3v) is 6.81. The zero-order valence-corrected chi connectivity index (χ0v) is 18.3. The lowest BCUT2D eigenvalue weighted by Crippen LogP contribution is -2.13. The summed E-state index contributed by atoms with van der Waals surface area (Å²) in [6.45, 7) is 0. The second-order valence-electron chi connectivity index (χ2n) is 5.83. The van der Waals surface area contributed by atoms with Crippen molar-refractivity contribution in [2.45, 2.75) is 4.34 Å². The number of anilines is 3. The third-order valence-electron chi connectivity index (χ3n) is 3.75. The Hall–Kier alpha value is -2.53. The molecule has 0 spiro atoms. The van der Waals surface area contributed by atoms with Crippen LogP contribution in [0.15, 0.2) is 58.3 Å². The van der Waals surface area contributed by atoms with E-state index in [9.17, 15) is 9.18 Å². The maximum atomic E-state index is 13.7. The molecule has 152 valence electrons. The van der Waals surface area contributed by atoms with Crippen molar-refractivity contribution in [2.75, 3.05) is 16.4 Å². The van der Waals surface area contributed by atoms with Crippen molar-refractivity contribution in [1.29, 1.82) is 0 Å². The van der Waals surface area contributed by atoms with Gasteiger partial charge in [0, 0.05) is 16.0 Å². The molecule has 2 heterocycles. The highest BCUT2D eigenvalue weighted by molar-refractivity contribution is 8.01. The Labute approximate surface area is 188 Å². The van der Waals surface area contributed by atoms with E-state index in [1.54, 1.807) is 24.3 Å². The lowest BCUT2D eigenvalue weighted by Gasteiger charge is -2.02. The molecule has 0 saturated carbocycles. The smallest absolute Gasteiger partial charge is 0.236 e. The minimum atomic E-state index is -0.374. The maximum absolute atomic E-state index is 13.7. The summed E-state index contributed by atoms with van der Waals surface area (Å²) in [5.74, 6) is -0.435. The minimum absolute atomic E-state index is 0.148. The average molecular weight is 478 g/mol. The molecule has 0 aliphatic rings. The van der Waals surface area contributed by atoms with Gasteiger partial charge in [-0.2, -0.15) is 0 Å². The number of amides is 1. The van der Waals surface area contributed by atoms with E-state index in [1.165, 1.54) is 40.5 Å². The van der Waals surface area contributed by atoms with Gasteiger partial charge in [0.05, 0.1) is 17.1 Å². The molecule has 11 heteroatoms. The average Bonchev–Trinajstić information content (AvgIpc) is 3.38. The number of rotatable bonds is 7. The van der Waals surface area contributed by atoms with Gasteiger partial charge in [0.25, 0.3) is 0 Å². The Morgan fingerprint density at radius 3 is 2.73 bits per heavy atom. The van der Waals surface area contributed by atoms with Crippen molar-refractivity contribution in [2.24, 2.45) is 0 Å².